The van der Waals surface area contributed by atoms with Gasteiger partial charge < -0.3 is 11.1 Å². The molecule has 0 aromatic heterocycles. The standard InChI is InChI=1S/C16H25BrN4.HI/c1-3-21-8-4-5-15(21)11-20-16(18)19-10-13-6-7-14(17)9-12(13)2;/h6-7,9,15H,3-5,8,10-11H2,1-2H3,(H3,18,19,20);1H. The van der Waals surface area contributed by atoms with Gasteiger partial charge >= 0.3 is 0 Å². The maximum Gasteiger partial charge on any atom is 0.188 e. The van der Waals surface area contributed by atoms with Crippen molar-refractivity contribution in [2.75, 3.05) is 19.6 Å². The molecule has 1 fully saturated rings. The van der Waals surface area contributed by atoms with Crippen molar-refractivity contribution in [2.45, 2.75) is 39.3 Å². The molecule has 1 aliphatic rings. The van der Waals surface area contributed by atoms with Crippen LogP contribution in [0.2, 0.25) is 0 Å². The number of hydrogen-bond acceptors (Lipinski definition) is 2. The molecule has 22 heavy (non-hydrogen) atoms. The summed E-state index contributed by atoms with van der Waals surface area (Å²) in [5.41, 5.74) is 8.42. The Morgan fingerprint density at radius 2 is 2.27 bits per heavy atom. The Labute approximate surface area is 159 Å². The van der Waals surface area contributed by atoms with Crippen LogP contribution >= 0.6 is 39.9 Å². The summed E-state index contributed by atoms with van der Waals surface area (Å²) in [7, 11) is 0. The molecular formula is C16H26BrIN4. The summed E-state index contributed by atoms with van der Waals surface area (Å²) in [6.07, 6.45) is 2.54. The monoisotopic (exact) mass is 480 g/mol. The minimum absolute atomic E-state index is 0. The van der Waals surface area contributed by atoms with Crippen LogP contribution in [0.15, 0.2) is 27.7 Å². The third-order valence-corrected chi connectivity index (χ3v) is 4.64. The van der Waals surface area contributed by atoms with E-state index in [1.165, 1.54) is 30.5 Å². The van der Waals surface area contributed by atoms with Crippen LogP contribution in [0.5, 0.6) is 0 Å². The van der Waals surface area contributed by atoms with Crippen molar-refractivity contribution in [3.8, 4) is 0 Å². The zero-order valence-corrected chi connectivity index (χ0v) is 17.2. The van der Waals surface area contributed by atoms with Crippen molar-refractivity contribution < 1.29 is 0 Å². The highest BCUT2D eigenvalue weighted by molar-refractivity contribution is 14.0. The highest BCUT2D eigenvalue weighted by atomic mass is 127. The second-order valence-electron chi connectivity index (χ2n) is 5.58. The van der Waals surface area contributed by atoms with Crippen LogP contribution in [-0.2, 0) is 6.54 Å². The van der Waals surface area contributed by atoms with Crippen LogP contribution in [0.3, 0.4) is 0 Å². The van der Waals surface area contributed by atoms with Crippen LogP contribution in [0.25, 0.3) is 0 Å². The van der Waals surface area contributed by atoms with Crippen LogP contribution in [0.4, 0.5) is 0 Å². The van der Waals surface area contributed by atoms with Gasteiger partial charge in [-0.1, -0.05) is 28.9 Å². The number of aliphatic imine (C=N–C) groups is 1. The molecule has 1 aliphatic heterocycles. The number of likely N-dealkylation sites (N-methyl/N-ethyl adjacent to an activating group) is 1. The lowest BCUT2D eigenvalue weighted by Gasteiger charge is -2.23. The summed E-state index contributed by atoms with van der Waals surface area (Å²) in [4.78, 5) is 6.95. The fraction of sp³-hybridized carbons (Fsp3) is 0.562. The Morgan fingerprint density at radius 3 is 2.95 bits per heavy atom. The smallest absolute Gasteiger partial charge is 0.188 e. The van der Waals surface area contributed by atoms with Crippen molar-refractivity contribution in [1.82, 2.24) is 10.2 Å². The van der Waals surface area contributed by atoms with E-state index in [1.54, 1.807) is 0 Å². The zero-order chi connectivity index (χ0) is 15.2. The largest absolute Gasteiger partial charge is 0.370 e. The maximum absolute atomic E-state index is 5.98. The summed E-state index contributed by atoms with van der Waals surface area (Å²) in [5.74, 6) is 0.542. The lowest BCUT2D eigenvalue weighted by atomic mass is 10.1. The first-order chi connectivity index (χ1) is 10.1. The molecule has 1 saturated heterocycles. The van der Waals surface area contributed by atoms with Gasteiger partial charge in [0.2, 0.25) is 0 Å². The second-order valence-corrected chi connectivity index (χ2v) is 6.49. The SMILES string of the molecule is CCN1CCCC1CNC(N)=NCc1ccc(Br)cc1C.I. The molecule has 1 heterocycles. The van der Waals surface area contributed by atoms with Crippen LogP contribution in [-0.4, -0.2) is 36.5 Å². The van der Waals surface area contributed by atoms with Gasteiger partial charge in [-0.3, -0.25) is 4.90 Å². The molecule has 0 amide bonds. The van der Waals surface area contributed by atoms with E-state index in [0.717, 1.165) is 17.6 Å². The molecule has 0 bridgehead atoms. The quantitative estimate of drug-likeness (QED) is 0.386. The third kappa shape index (κ3) is 5.70. The van der Waals surface area contributed by atoms with E-state index in [-0.39, 0.29) is 24.0 Å². The van der Waals surface area contributed by atoms with Crippen molar-refractivity contribution in [3.63, 3.8) is 0 Å². The summed E-state index contributed by atoms with van der Waals surface area (Å²) in [6.45, 7) is 8.14. The predicted molar refractivity (Wildman–Crippen MR) is 108 cm³/mol. The first-order valence-corrected chi connectivity index (χ1v) is 8.42. The lowest BCUT2D eigenvalue weighted by molar-refractivity contribution is 0.267. The Bertz CT molecular complexity index is 507. The first kappa shape index (κ1) is 19.7. The first-order valence-electron chi connectivity index (χ1n) is 7.63. The molecule has 1 atom stereocenters. The van der Waals surface area contributed by atoms with Gasteiger partial charge in [0.15, 0.2) is 5.96 Å². The summed E-state index contributed by atoms with van der Waals surface area (Å²) < 4.78 is 1.10. The topological polar surface area (TPSA) is 53.6 Å². The van der Waals surface area contributed by atoms with Gasteiger partial charge in [0.25, 0.3) is 0 Å². The molecule has 0 aliphatic carbocycles. The molecule has 0 saturated carbocycles. The molecule has 1 unspecified atom stereocenters. The fourth-order valence-corrected chi connectivity index (χ4v) is 3.30. The Kier molecular flexibility index (Phi) is 8.71. The van der Waals surface area contributed by atoms with Crippen LogP contribution < -0.4 is 11.1 Å². The maximum atomic E-state index is 5.98. The number of aryl methyl sites for hydroxylation is 1. The number of benzene rings is 1. The molecule has 3 N–H and O–H groups in total. The van der Waals surface area contributed by atoms with Gasteiger partial charge in [0.05, 0.1) is 6.54 Å². The number of likely N-dealkylation sites (tertiary alicyclic amines) is 1. The summed E-state index contributed by atoms with van der Waals surface area (Å²) in [6, 6.07) is 6.83. The second kappa shape index (κ2) is 9.72. The molecule has 4 nitrogen and oxygen atoms in total. The van der Waals surface area contributed by atoms with E-state index in [2.05, 4.69) is 57.1 Å². The minimum Gasteiger partial charge on any atom is -0.370 e. The molecule has 6 heteroatoms. The average molecular weight is 481 g/mol. The minimum atomic E-state index is 0. The highest BCUT2D eigenvalue weighted by Gasteiger charge is 2.22. The van der Waals surface area contributed by atoms with Gasteiger partial charge in [0, 0.05) is 17.1 Å². The molecular weight excluding hydrogens is 455 g/mol. The molecule has 0 radical (unpaired) electrons. The van der Waals surface area contributed by atoms with E-state index in [1.807, 2.05) is 6.07 Å². The number of rotatable bonds is 5. The van der Waals surface area contributed by atoms with Gasteiger partial charge in [-0.05, 0) is 56.1 Å². The predicted octanol–water partition coefficient (Wildman–Crippen LogP) is 3.26. The summed E-state index contributed by atoms with van der Waals surface area (Å²) >= 11 is 3.47. The van der Waals surface area contributed by atoms with E-state index in [4.69, 9.17) is 5.73 Å². The number of nitrogens with two attached hydrogens (primary N) is 1. The molecule has 1 aromatic rings. The number of nitrogens with zero attached hydrogens (tertiary/aromatic N) is 2. The third-order valence-electron chi connectivity index (χ3n) is 4.15. The van der Waals surface area contributed by atoms with E-state index < -0.39 is 0 Å². The Hall–Kier alpha value is -0.340. The molecule has 1 aromatic carbocycles. The van der Waals surface area contributed by atoms with E-state index >= 15 is 0 Å². The highest BCUT2D eigenvalue weighted by Crippen LogP contribution is 2.17. The van der Waals surface area contributed by atoms with Crippen LogP contribution in [0.1, 0.15) is 30.9 Å². The normalized spacial score (nSPS) is 19.0. The number of nitrogens with one attached hydrogen (secondary N) is 1. The van der Waals surface area contributed by atoms with Crippen molar-refractivity contribution >= 4 is 45.9 Å². The van der Waals surface area contributed by atoms with Gasteiger partial charge in [-0.25, -0.2) is 4.99 Å². The number of halogens is 2. The summed E-state index contributed by atoms with van der Waals surface area (Å²) in [5, 5.41) is 3.27. The van der Waals surface area contributed by atoms with Gasteiger partial charge in [0.1, 0.15) is 0 Å². The van der Waals surface area contributed by atoms with Gasteiger partial charge in [-0.15, -0.1) is 24.0 Å². The average Bonchev–Trinajstić information content (AvgIpc) is 2.91. The number of hydrogen-bond donors (Lipinski definition) is 2. The zero-order valence-electron chi connectivity index (χ0n) is 13.3. The van der Waals surface area contributed by atoms with E-state index in [9.17, 15) is 0 Å². The Balaban J connectivity index is 0.00000242. The number of guanidine groups is 1. The van der Waals surface area contributed by atoms with E-state index in [0.29, 0.717) is 18.5 Å². The lowest BCUT2D eigenvalue weighted by Crippen LogP contribution is -2.42. The van der Waals surface area contributed by atoms with Crippen molar-refractivity contribution in [3.05, 3.63) is 33.8 Å². The molecule has 0 spiro atoms. The van der Waals surface area contributed by atoms with Crippen molar-refractivity contribution in [1.29, 1.82) is 0 Å². The van der Waals surface area contributed by atoms with Gasteiger partial charge in [-0.2, -0.15) is 0 Å². The Morgan fingerprint density at radius 1 is 1.50 bits per heavy atom. The van der Waals surface area contributed by atoms with Crippen molar-refractivity contribution in [2.24, 2.45) is 10.7 Å². The van der Waals surface area contributed by atoms with Crippen LogP contribution in [0, 0.1) is 6.92 Å². The molecule has 2 rings (SSSR count). The molecule has 124 valence electrons. The fourth-order valence-electron chi connectivity index (χ4n) is 2.83.